The van der Waals surface area contributed by atoms with E-state index in [-0.39, 0.29) is 24.0 Å². The molecule has 0 aromatic carbocycles. The van der Waals surface area contributed by atoms with Gasteiger partial charge in [0.1, 0.15) is 0 Å². The van der Waals surface area contributed by atoms with Gasteiger partial charge < -0.3 is 20.3 Å². The van der Waals surface area contributed by atoms with Gasteiger partial charge in [-0.15, -0.1) is 24.0 Å². The van der Waals surface area contributed by atoms with Crippen LogP contribution in [0.4, 0.5) is 0 Å². The molecule has 1 atom stereocenters. The van der Waals surface area contributed by atoms with Crippen molar-refractivity contribution in [1.82, 2.24) is 20.5 Å². The smallest absolute Gasteiger partial charge is 0.213 e. The average molecular weight is 463 g/mol. The van der Waals surface area contributed by atoms with Gasteiger partial charge in [0.25, 0.3) is 0 Å². The van der Waals surface area contributed by atoms with Crippen LogP contribution in [0.2, 0.25) is 0 Å². The third kappa shape index (κ3) is 9.84. The third-order valence-corrected chi connectivity index (χ3v) is 4.08. The number of hydrogen-bond acceptors (Lipinski definition) is 4. The lowest BCUT2D eigenvalue weighted by Crippen LogP contribution is -2.42. The molecule has 0 radical (unpaired) electrons. The highest BCUT2D eigenvalue weighted by Crippen LogP contribution is 2.08. The van der Waals surface area contributed by atoms with Gasteiger partial charge in [-0.3, -0.25) is 4.99 Å². The van der Waals surface area contributed by atoms with Gasteiger partial charge in [-0.1, -0.05) is 13.8 Å². The van der Waals surface area contributed by atoms with Crippen LogP contribution in [-0.4, -0.2) is 55.7 Å². The van der Waals surface area contributed by atoms with Crippen molar-refractivity contribution in [3.8, 4) is 5.88 Å². The van der Waals surface area contributed by atoms with Gasteiger partial charge in [-0.25, -0.2) is 4.98 Å². The van der Waals surface area contributed by atoms with E-state index in [0.717, 1.165) is 37.6 Å². The molecule has 0 aliphatic carbocycles. The lowest BCUT2D eigenvalue weighted by Gasteiger charge is -2.21. The van der Waals surface area contributed by atoms with Crippen molar-refractivity contribution in [2.75, 3.05) is 33.8 Å². The quantitative estimate of drug-likeness (QED) is 0.318. The van der Waals surface area contributed by atoms with Gasteiger partial charge in [0.15, 0.2) is 5.96 Å². The number of nitrogens with one attached hydrogen (secondary N) is 2. The number of nitrogens with zero attached hydrogens (tertiary/aromatic N) is 3. The molecule has 1 aromatic heterocycles. The number of aliphatic imine (C=N–C) groups is 1. The maximum atomic E-state index is 5.15. The summed E-state index contributed by atoms with van der Waals surface area (Å²) >= 11 is 0. The van der Waals surface area contributed by atoms with E-state index >= 15 is 0 Å². The molecule has 0 saturated heterocycles. The Kier molecular flexibility index (Phi) is 13.5. The fraction of sp³-hybridized carbons (Fsp3) is 0.667. The van der Waals surface area contributed by atoms with E-state index in [9.17, 15) is 0 Å². The second-order valence-corrected chi connectivity index (χ2v) is 5.85. The number of methoxy groups -OCH3 is 1. The minimum absolute atomic E-state index is 0. The molecule has 2 N–H and O–H groups in total. The molecule has 0 saturated carbocycles. The molecule has 0 aliphatic heterocycles. The predicted octanol–water partition coefficient (Wildman–Crippen LogP) is 2.88. The topological polar surface area (TPSA) is 61.8 Å². The summed E-state index contributed by atoms with van der Waals surface area (Å²) in [5, 5.41) is 6.78. The Bertz CT molecular complexity index is 494. The molecular weight excluding hydrogens is 429 g/mol. The van der Waals surface area contributed by atoms with Gasteiger partial charge in [-0.2, -0.15) is 0 Å². The Hall–Kier alpha value is -1.09. The van der Waals surface area contributed by atoms with Crippen LogP contribution >= 0.6 is 24.0 Å². The third-order valence-electron chi connectivity index (χ3n) is 4.08. The van der Waals surface area contributed by atoms with E-state index in [1.165, 1.54) is 6.42 Å². The maximum absolute atomic E-state index is 5.15. The number of pyridine rings is 1. The first-order valence-electron chi connectivity index (χ1n) is 8.81. The average Bonchev–Trinajstić information content (AvgIpc) is 2.62. The minimum atomic E-state index is 0. The number of halogens is 1. The van der Waals surface area contributed by atoms with E-state index in [4.69, 9.17) is 4.74 Å². The molecule has 6 nitrogen and oxygen atoms in total. The Morgan fingerprint density at radius 2 is 2.08 bits per heavy atom. The van der Waals surface area contributed by atoms with Gasteiger partial charge in [0.05, 0.1) is 7.11 Å². The zero-order chi connectivity index (χ0) is 17.8. The van der Waals surface area contributed by atoms with Crippen LogP contribution in [0.15, 0.2) is 23.3 Å². The summed E-state index contributed by atoms with van der Waals surface area (Å²) in [5.41, 5.74) is 1.11. The van der Waals surface area contributed by atoms with Crippen LogP contribution in [0.3, 0.4) is 0 Å². The second-order valence-electron chi connectivity index (χ2n) is 5.85. The van der Waals surface area contributed by atoms with Gasteiger partial charge >= 0.3 is 0 Å². The molecule has 25 heavy (non-hydrogen) atoms. The van der Waals surface area contributed by atoms with Crippen LogP contribution < -0.4 is 15.4 Å². The largest absolute Gasteiger partial charge is 0.481 e. The minimum Gasteiger partial charge on any atom is -0.481 e. The molecule has 0 amide bonds. The fourth-order valence-electron chi connectivity index (χ4n) is 2.52. The lowest BCUT2D eigenvalue weighted by atomic mass is 10.2. The molecule has 144 valence electrons. The standard InChI is InChI=1S/C18H33N5O.HI/c1-6-23(7-2)12-8-9-15(3)22-18(19-4)21-14-16-10-11-20-17(13-16)24-5;/h10-11,13,15H,6-9,12,14H2,1-5H3,(H2,19,21,22);1H. The highest BCUT2D eigenvalue weighted by Gasteiger charge is 2.07. The number of hydrogen-bond donors (Lipinski definition) is 2. The number of ether oxygens (including phenoxy) is 1. The molecule has 7 heteroatoms. The van der Waals surface area contributed by atoms with Crippen molar-refractivity contribution in [2.24, 2.45) is 4.99 Å². The van der Waals surface area contributed by atoms with E-state index in [1.807, 2.05) is 12.1 Å². The first-order chi connectivity index (χ1) is 11.6. The monoisotopic (exact) mass is 463 g/mol. The highest BCUT2D eigenvalue weighted by atomic mass is 127. The molecule has 1 rings (SSSR count). The summed E-state index contributed by atoms with van der Waals surface area (Å²) in [6.07, 6.45) is 4.07. The predicted molar refractivity (Wildman–Crippen MR) is 116 cm³/mol. The molecule has 0 aliphatic rings. The number of aromatic nitrogens is 1. The van der Waals surface area contributed by atoms with E-state index in [1.54, 1.807) is 20.4 Å². The maximum Gasteiger partial charge on any atom is 0.213 e. The summed E-state index contributed by atoms with van der Waals surface area (Å²) in [4.78, 5) is 10.9. The van der Waals surface area contributed by atoms with Crippen molar-refractivity contribution in [3.05, 3.63) is 23.9 Å². The summed E-state index contributed by atoms with van der Waals surface area (Å²) in [6.45, 7) is 10.7. The van der Waals surface area contributed by atoms with Crippen LogP contribution in [0.5, 0.6) is 5.88 Å². The molecule has 1 heterocycles. The molecule has 1 aromatic rings. The van der Waals surface area contributed by atoms with Crippen LogP contribution in [-0.2, 0) is 6.54 Å². The van der Waals surface area contributed by atoms with Crippen molar-refractivity contribution in [1.29, 1.82) is 0 Å². The highest BCUT2D eigenvalue weighted by molar-refractivity contribution is 14.0. The first kappa shape index (κ1) is 23.9. The lowest BCUT2D eigenvalue weighted by molar-refractivity contribution is 0.292. The fourth-order valence-corrected chi connectivity index (χ4v) is 2.52. The van der Waals surface area contributed by atoms with Crippen molar-refractivity contribution in [3.63, 3.8) is 0 Å². The Labute approximate surface area is 169 Å². The zero-order valence-corrected chi connectivity index (χ0v) is 18.5. The van der Waals surface area contributed by atoms with Gasteiger partial charge in [0, 0.05) is 31.9 Å². The van der Waals surface area contributed by atoms with Gasteiger partial charge in [-0.05, 0) is 51.0 Å². The summed E-state index contributed by atoms with van der Waals surface area (Å²) in [6, 6.07) is 4.28. The summed E-state index contributed by atoms with van der Waals surface area (Å²) < 4.78 is 5.15. The molecule has 0 spiro atoms. The zero-order valence-electron chi connectivity index (χ0n) is 16.2. The number of rotatable bonds is 10. The van der Waals surface area contributed by atoms with Crippen LogP contribution in [0.25, 0.3) is 0 Å². The van der Waals surface area contributed by atoms with Crippen molar-refractivity contribution in [2.45, 2.75) is 46.2 Å². The normalized spacial score (nSPS) is 12.5. The summed E-state index contributed by atoms with van der Waals surface area (Å²) in [7, 11) is 3.42. The van der Waals surface area contributed by atoms with E-state index in [2.05, 4.69) is 46.3 Å². The molecule has 0 bridgehead atoms. The Morgan fingerprint density at radius 3 is 2.68 bits per heavy atom. The molecule has 1 unspecified atom stereocenters. The van der Waals surface area contributed by atoms with Crippen molar-refractivity contribution < 1.29 is 4.74 Å². The van der Waals surface area contributed by atoms with E-state index in [0.29, 0.717) is 18.5 Å². The van der Waals surface area contributed by atoms with Crippen LogP contribution in [0.1, 0.15) is 39.2 Å². The molecular formula is C18H34IN5O. The van der Waals surface area contributed by atoms with Gasteiger partial charge in [0.2, 0.25) is 5.88 Å². The molecule has 0 fully saturated rings. The SMILES string of the molecule is CCN(CC)CCCC(C)NC(=NC)NCc1ccnc(OC)c1.I. The Morgan fingerprint density at radius 1 is 1.36 bits per heavy atom. The number of guanidine groups is 1. The summed E-state index contributed by atoms with van der Waals surface area (Å²) in [5.74, 6) is 1.45. The second kappa shape index (κ2) is 14.1. The first-order valence-corrected chi connectivity index (χ1v) is 8.81. The Balaban J connectivity index is 0.00000576. The van der Waals surface area contributed by atoms with E-state index < -0.39 is 0 Å². The van der Waals surface area contributed by atoms with Crippen LogP contribution in [0, 0.1) is 0 Å². The van der Waals surface area contributed by atoms with Crippen molar-refractivity contribution >= 4 is 29.9 Å².